The Morgan fingerprint density at radius 3 is 2.67 bits per heavy atom. The average molecular weight is 287 g/mol. The minimum absolute atomic E-state index is 0.0464. The highest BCUT2D eigenvalue weighted by Crippen LogP contribution is 2.48. The van der Waals surface area contributed by atoms with Crippen LogP contribution in [0, 0.1) is 0 Å². The zero-order chi connectivity index (χ0) is 15.0. The second kappa shape index (κ2) is 5.38. The van der Waals surface area contributed by atoms with Gasteiger partial charge in [-0.3, -0.25) is 0 Å². The van der Waals surface area contributed by atoms with Crippen molar-refractivity contribution in [3.63, 3.8) is 0 Å². The molecule has 1 aromatic rings. The van der Waals surface area contributed by atoms with E-state index >= 15 is 0 Å². The molecule has 0 fully saturated rings. The Bertz CT molecular complexity index is 557. The van der Waals surface area contributed by atoms with Crippen LogP contribution in [0.15, 0.2) is 29.8 Å². The molecule has 3 nitrogen and oxygen atoms in total. The Balaban J connectivity index is 2.03. The Morgan fingerprint density at radius 2 is 2.05 bits per heavy atom. The van der Waals surface area contributed by atoms with Gasteiger partial charge >= 0.3 is 0 Å². The van der Waals surface area contributed by atoms with Gasteiger partial charge in [0.15, 0.2) is 5.75 Å². The summed E-state index contributed by atoms with van der Waals surface area (Å²) in [6.07, 6.45) is 7.37. The first-order chi connectivity index (χ1) is 10.0. The molecule has 0 aromatic heterocycles. The first-order valence-corrected chi connectivity index (χ1v) is 7.85. The second-order valence-electron chi connectivity index (χ2n) is 6.92. The molecular weight excluding hydrogens is 262 g/mol. The maximum absolute atomic E-state index is 6.19. The van der Waals surface area contributed by atoms with E-state index in [1.54, 1.807) is 7.11 Å². The summed E-state index contributed by atoms with van der Waals surface area (Å²) < 4.78 is 5.33. The lowest BCUT2D eigenvalue weighted by Crippen LogP contribution is -2.43. The molecule has 0 saturated heterocycles. The lowest BCUT2D eigenvalue weighted by molar-refractivity contribution is -0.130. The minimum atomic E-state index is -0.0464. The summed E-state index contributed by atoms with van der Waals surface area (Å²) in [4.78, 5) is 6.19. The van der Waals surface area contributed by atoms with Gasteiger partial charge in [0, 0.05) is 17.2 Å². The third-order valence-electron chi connectivity index (χ3n) is 4.29. The molecule has 1 atom stereocenters. The highest BCUT2D eigenvalue weighted by Gasteiger charge is 2.41. The molecule has 0 N–H and O–H groups in total. The number of hydrogen-bond donors (Lipinski definition) is 0. The number of hydroxylamine groups is 2. The van der Waals surface area contributed by atoms with Gasteiger partial charge in [0.2, 0.25) is 0 Å². The maximum atomic E-state index is 6.19. The molecule has 1 unspecified atom stereocenters. The number of hydrogen-bond acceptors (Lipinski definition) is 3. The van der Waals surface area contributed by atoms with Crippen molar-refractivity contribution in [2.24, 2.45) is 0 Å². The molecule has 3 heteroatoms. The van der Waals surface area contributed by atoms with Crippen LogP contribution in [0.4, 0.5) is 0 Å². The molecule has 21 heavy (non-hydrogen) atoms. The fourth-order valence-corrected chi connectivity index (χ4v) is 3.22. The number of allylic oxidation sites excluding steroid dienone is 1. The fourth-order valence-electron chi connectivity index (χ4n) is 3.22. The van der Waals surface area contributed by atoms with Crippen molar-refractivity contribution in [2.75, 3.05) is 7.11 Å². The number of rotatable bonds is 2. The third kappa shape index (κ3) is 2.67. The predicted octanol–water partition coefficient (Wildman–Crippen LogP) is 4.64. The van der Waals surface area contributed by atoms with E-state index in [1.165, 1.54) is 36.8 Å². The smallest absolute Gasteiger partial charge is 0.156 e. The van der Waals surface area contributed by atoms with Crippen LogP contribution < -0.4 is 9.57 Å². The van der Waals surface area contributed by atoms with Gasteiger partial charge in [-0.25, -0.2) is 0 Å². The number of benzene rings is 1. The van der Waals surface area contributed by atoms with E-state index in [2.05, 4.69) is 38.0 Å². The molecule has 0 spiro atoms. The number of fused-ring (bicyclic) bond motifs is 1. The molecule has 1 heterocycles. The molecule has 1 aliphatic carbocycles. The fraction of sp³-hybridized carbons (Fsp3) is 0.556. The Kier molecular flexibility index (Phi) is 3.70. The van der Waals surface area contributed by atoms with Crippen LogP contribution >= 0.6 is 0 Å². The van der Waals surface area contributed by atoms with Crippen LogP contribution in [0.5, 0.6) is 11.5 Å². The highest BCUT2D eigenvalue weighted by atomic mass is 16.7. The Morgan fingerprint density at radius 1 is 1.24 bits per heavy atom. The highest BCUT2D eigenvalue weighted by molar-refractivity contribution is 5.47. The van der Waals surface area contributed by atoms with Gasteiger partial charge in [-0.15, -0.1) is 5.06 Å². The van der Waals surface area contributed by atoms with Crippen LogP contribution in [0.2, 0.25) is 0 Å². The van der Waals surface area contributed by atoms with Gasteiger partial charge in [-0.2, -0.15) is 0 Å². The number of ether oxygens (including phenoxy) is 1. The van der Waals surface area contributed by atoms with E-state index in [0.717, 1.165) is 11.5 Å². The van der Waals surface area contributed by atoms with Crippen LogP contribution in [-0.2, 0) is 0 Å². The SMILES string of the molecule is COc1ccc2c(c1)ON(C(C)(C)C)C2C1=CCCCC1. The van der Waals surface area contributed by atoms with Crippen molar-refractivity contribution in [3.05, 3.63) is 35.4 Å². The van der Waals surface area contributed by atoms with Crippen molar-refractivity contribution < 1.29 is 9.57 Å². The van der Waals surface area contributed by atoms with E-state index in [4.69, 9.17) is 9.57 Å². The van der Waals surface area contributed by atoms with Crippen molar-refractivity contribution in [2.45, 2.75) is 58.0 Å². The second-order valence-corrected chi connectivity index (χ2v) is 6.92. The summed E-state index contributed by atoms with van der Waals surface area (Å²) in [5, 5.41) is 2.15. The molecular formula is C18H25NO2. The van der Waals surface area contributed by atoms with Crippen molar-refractivity contribution >= 4 is 0 Å². The predicted molar refractivity (Wildman–Crippen MR) is 84.5 cm³/mol. The summed E-state index contributed by atoms with van der Waals surface area (Å²) >= 11 is 0. The zero-order valence-corrected chi connectivity index (χ0v) is 13.5. The van der Waals surface area contributed by atoms with Crippen molar-refractivity contribution in [3.8, 4) is 11.5 Å². The van der Waals surface area contributed by atoms with Crippen molar-refractivity contribution in [1.82, 2.24) is 5.06 Å². The molecule has 0 saturated carbocycles. The Labute approximate surface area is 127 Å². The monoisotopic (exact) mass is 287 g/mol. The van der Waals surface area contributed by atoms with Crippen LogP contribution in [-0.4, -0.2) is 17.7 Å². The molecule has 0 bridgehead atoms. The average Bonchev–Trinajstić information content (AvgIpc) is 2.86. The first kappa shape index (κ1) is 14.5. The summed E-state index contributed by atoms with van der Waals surface area (Å²) in [5.41, 5.74) is 2.72. The lowest BCUT2D eigenvalue weighted by atomic mass is 9.88. The van der Waals surface area contributed by atoms with Gasteiger partial charge in [0.05, 0.1) is 13.2 Å². The minimum Gasteiger partial charge on any atom is -0.497 e. The lowest BCUT2D eigenvalue weighted by Gasteiger charge is -2.36. The zero-order valence-electron chi connectivity index (χ0n) is 13.5. The first-order valence-electron chi connectivity index (χ1n) is 7.85. The summed E-state index contributed by atoms with van der Waals surface area (Å²) in [6, 6.07) is 6.42. The maximum Gasteiger partial charge on any atom is 0.156 e. The van der Waals surface area contributed by atoms with Gasteiger partial charge in [-0.1, -0.05) is 6.08 Å². The molecule has 0 amide bonds. The summed E-state index contributed by atoms with van der Waals surface area (Å²) in [6.45, 7) is 6.60. The van der Waals surface area contributed by atoms with E-state index < -0.39 is 0 Å². The molecule has 1 aromatic carbocycles. The van der Waals surface area contributed by atoms with E-state index in [-0.39, 0.29) is 11.6 Å². The topological polar surface area (TPSA) is 21.7 Å². The third-order valence-corrected chi connectivity index (χ3v) is 4.29. The summed E-state index contributed by atoms with van der Waals surface area (Å²) in [5.74, 6) is 1.78. The van der Waals surface area contributed by atoms with Crippen LogP contribution in [0.3, 0.4) is 0 Å². The quantitative estimate of drug-likeness (QED) is 0.739. The normalized spacial score (nSPS) is 22.5. The molecule has 2 aliphatic rings. The molecule has 0 radical (unpaired) electrons. The number of methoxy groups -OCH3 is 1. The molecule has 114 valence electrons. The molecule has 3 rings (SSSR count). The van der Waals surface area contributed by atoms with Gasteiger partial charge < -0.3 is 9.57 Å². The van der Waals surface area contributed by atoms with Crippen LogP contribution in [0.1, 0.15) is 58.1 Å². The van der Waals surface area contributed by atoms with Crippen molar-refractivity contribution in [1.29, 1.82) is 0 Å². The van der Waals surface area contributed by atoms with Gasteiger partial charge in [0.1, 0.15) is 5.75 Å². The van der Waals surface area contributed by atoms with Gasteiger partial charge in [-0.05, 0) is 64.2 Å². The van der Waals surface area contributed by atoms with E-state index in [1.807, 2.05) is 12.1 Å². The van der Waals surface area contributed by atoms with Gasteiger partial charge in [0.25, 0.3) is 0 Å². The van der Waals surface area contributed by atoms with Crippen LogP contribution in [0.25, 0.3) is 0 Å². The summed E-state index contributed by atoms with van der Waals surface area (Å²) in [7, 11) is 1.69. The number of nitrogens with zero attached hydrogens (tertiary/aromatic N) is 1. The molecule has 1 aliphatic heterocycles. The van der Waals surface area contributed by atoms with E-state index in [0.29, 0.717) is 0 Å². The largest absolute Gasteiger partial charge is 0.497 e. The van der Waals surface area contributed by atoms with E-state index in [9.17, 15) is 0 Å². The standard InChI is InChI=1S/C18H25NO2/c1-18(2,3)19-17(13-8-6-5-7-9-13)15-11-10-14(20-4)12-16(15)21-19/h8,10-12,17H,5-7,9H2,1-4H3. The Hall–Kier alpha value is -1.48.